The molecule has 0 aliphatic rings. The van der Waals surface area contributed by atoms with Crippen LogP contribution in [0.15, 0.2) is 47.4 Å². The smallest absolute Gasteiger partial charge is 0.338 e. The molecule has 144 valence electrons. The number of methoxy groups -OCH3 is 1. The molecule has 0 unspecified atom stereocenters. The van der Waals surface area contributed by atoms with E-state index in [2.05, 4.69) is 10.0 Å². The molecular formula is C17H17ClN2O6S. The van der Waals surface area contributed by atoms with Crippen molar-refractivity contribution >= 4 is 39.2 Å². The molecule has 8 nitrogen and oxygen atoms in total. The first-order chi connectivity index (χ1) is 12.8. The van der Waals surface area contributed by atoms with Crippen molar-refractivity contribution in [3.63, 3.8) is 0 Å². The second-order valence-corrected chi connectivity index (χ2v) is 7.44. The molecule has 1 amide bonds. The summed E-state index contributed by atoms with van der Waals surface area (Å²) in [6.45, 7) is -0.565. The zero-order chi connectivity index (χ0) is 20.0. The van der Waals surface area contributed by atoms with Crippen LogP contribution in [0.3, 0.4) is 0 Å². The maximum Gasteiger partial charge on any atom is 0.338 e. The van der Waals surface area contributed by atoms with Crippen molar-refractivity contribution in [2.24, 2.45) is 0 Å². The molecule has 0 saturated heterocycles. The fourth-order valence-electron chi connectivity index (χ4n) is 2.09. The van der Waals surface area contributed by atoms with Crippen LogP contribution in [0.2, 0.25) is 5.02 Å². The van der Waals surface area contributed by atoms with Gasteiger partial charge in [0.1, 0.15) is 10.6 Å². The number of halogens is 1. The lowest BCUT2D eigenvalue weighted by atomic mass is 10.2. The van der Waals surface area contributed by atoms with Gasteiger partial charge in [0.25, 0.3) is 5.91 Å². The Balaban J connectivity index is 2.09. The van der Waals surface area contributed by atoms with Crippen molar-refractivity contribution in [1.82, 2.24) is 4.72 Å². The van der Waals surface area contributed by atoms with E-state index in [1.54, 1.807) is 24.3 Å². The highest BCUT2D eigenvalue weighted by Gasteiger charge is 2.21. The Morgan fingerprint density at radius 2 is 1.85 bits per heavy atom. The van der Waals surface area contributed by atoms with E-state index in [1.807, 2.05) is 0 Å². The molecule has 0 fully saturated rings. The van der Waals surface area contributed by atoms with Gasteiger partial charge in [-0.05, 0) is 37.4 Å². The lowest BCUT2D eigenvalue weighted by Crippen LogP contribution is -2.22. The summed E-state index contributed by atoms with van der Waals surface area (Å²) in [6, 6.07) is 10.4. The maximum atomic E-state index is 12.2. The zero-order valence-corrected chi connectivity index (χ0v) is 16.1. The van der Waals surface area contributed by atoms with Gasteiger partial charge in [0.15, 0.2) is 6.61 Å². The summed E-state index contributed by atoms with van der Waals surface area (Å²) in [5.74, 6) is -1.38. The molecule has 2 aromatic rings. The number of esters is 1. The van der Waals surface area contributed by atoms with Crippen LogP contribution in [0.5, 0.6) is 5.75 Å². The molecule has 0 heterocycles. The van der Waals surface area contributed by atoms with Gasteiger partial charge < -0.3 is 14.8 Å². The van der Waals surface area contributed by atoms with E-state index in [9.17, 15) is 18.0 Å². The van der Waals surface area contributed by atoms with Crippen LogP contribution >= 0.6 is 11.6 Å². The number of carbonyl (C=O) groups is 2. The quantitative estimate of drug-likeness (QED) is 0.673. The normalized spacial score (nSPS) is 10.9. The van der Waals surface area contributed by atoms with E-state index in [0.29, 0.717) is 10.7 Å². The summed E-state index contributed by atoms with van der Waals surface area (Å²) in [5, 5.41) is 2.85. The minimum Gasteiger partial charge on any atom is -0.495 e. The number of carbonyl (C=O) groups excluding carboxylic acids is 2. The second kappa shape index (κ2) is 8.85. The highest BCUT2D eigenvalue weighted by atomic mass is 35.5. The van der Waals surface area contributed by atoms with Crippen molar-refractivity contribution in [2.45, 2.75) is 4.90 Å². The van der Waals surface area contributed by atoms with E-state index in [-0.39, 0.29) is 16.2 Å². The second-order valence-electron chi connectivity index (χ2n) is 5.18. The molecule has 2 N–H and O–H groups in total. The standard InChI is InChI=1S/C17H17ClN2O6S/c1-19-27(23,24)15-9-11(7-8-14(15)25-2)17(22)26-10-16(21)20-13-6-4-3-5-12(13)18/h3-9,19H,10H2,1-2H3,(H,20,21). The highest BCUT2D eigenvalue weighted by molar-refractivity contribution is 7.89. The third kappa shape index (κ3) is 5.19. The van der Waals surface area contributed by atoms with Gasteiger partial charge in [-0.3, -0.25) is 4.79 Å². The molecule has 0 spiro atoms. The highest BCUT2D eigenvalue weighted by Crippen LogP contribution is 2.25. The third-order valence-corrected chi connectivity index (χ3v) is 5.20. The number of amides is 1. The molecule has 0 bridgehead atoms. The molecule has 0 aromatic heterocycles. The van der Waals surface area contributed by atoms with E-state index >= 15 is 0 Å². The first-order valence-electron chi connectivity index (χ1n) is 7.61. The molecule has 0 atom stereocenters. The summed E-state index contributed by atoms with van der Waals surface area (Å²) in [5.41, 5.74) is 0.335. The number of hydrogen-bond acceptors (Lipinski definition) is 6. The topological polar surface area (TPSA) is 111 Å². The van der Waals surface area contributed by atoms with Crippen LogP contribution in [0.4, 0.5) is 5.69 Å². The summed E-state index contributed by atoms with van der Waals surface area (Å²) < 4.78 is 36.1. The predicted octanol–water partition coefficient (Wildman–Crippen LogP) is 2.05. The SMILES string of the molecule is CNS(=O)(=O)c1cc(C(=O)OCC(=O)Nc2ccccc2Cl)ccc1OC. The molecule has 0 aliphatic heterocycles. The average molecular weight is 413 g/mol. The summed E-state index contributed by atoms with van der Waals surface area (Å²) >= 11 is 5.93. The number of anilines is 1. The van der Waals surface area contributed by atoms with Crippen LogP contribution < -0.4 is 14.8 Å². The fraction of sp³-hybridized carbons (Fsp3) is 0.176. The summed E-state index contributed by atoms with van der Waals surface area (Å²) in [6.07, 6.45) is 0. The molecule has 0 saturated carbocycles. The van der Waals surface area contributed by atoms with Gasteiger partial charge in [-0.2, -0.15) is 0 Å². The van der Waals surface area contributed by atoms with E-state index in [1.165, 1.54) is 26.3 Å². The van der Waals surface area contributed by atoms with E-state index in [0.717, 1.165) is 6.07 Å². The minimum absolute atomic E-state index is 0.0461. The van der Waals surface area contributed by atoms with Gasteiger partial charge in [-0.15, -0.1) is 0 Å². The molecule has 0 radical (unpaired) electrons. The van der Waals surface area contributed by atoms with E-state index in [4.69, 9.17) is 21.1 Å². The number of nitrogens with one attached hydrogen (secondary N) is 2. The number of para-hydroxylation sites is 1. The van der Waals surface area contributed by atoms with Gasteiger partial charge in [-0.25, -0.2) is 17.9 Å². The van der Waals surface area contributed by atoms with Crippen molar-refractivity contribution in [3.05, 3.63) is 53.1 Å². The third-order valence-electron chi connectivity index (χ3n) is 3.44. The first-order valence-corrected chi connectivity index (χ1v) is 9.47. The molecule has 2 rings (SSSR count). The Bertz CT molecular complexity index is 962. The van der Waals surface area contributed by atoms with Crippen molar-refractivity contribution in [3.8, 4) is 5.75 Å². The number of sulfonamides is 1. The summed E-state index contributed by atoms with van der Waals surface area (Å²) in [4.78, 5) is 23.8. The van der Waals surface area contributed by atoms with Gasteiger partial charge >= 0.3 is 5.97 Å². The van der Waals surface area contributed by atoms with Gasteiger partial charge in [0, 0.05) is 0 Å². The van der Waals surface area contributed by atoms with Crippen LogP contribution in [-0.4, -0.2) is 41.1 Å². The molecular weight excluding hydrogens is 396 g/mol. The van der Waals surface area contributed by atoms with Crippen LogP contribution in [-0.2, 0) is 19.6 Å². The molecule has 0 aliphatic carbocycles. The number of rotatable bonds is 7. The van der Waals surface area contributed by atoms with Gasteiger partial charge in [-0.1, -0.05) is 23.7 Å². The Morgan fingerprint density at radius 1 is 1.15 bits per heavy atom. The Kier molecular flexibility index (Phi) is 6.78. The lowest BCUT2D eigenvalue weighted by Gasteiger charge is -2.11. The fourth-order valence-corrected chi connectivity index (χ4v) is 3.19. The average Bonchev–Trinajstić information content (AvgIpc) is 2.67. The van der Waals surface area contributed by atoms with Gasteiger partial charge in [0.2, 0.25) is 10.0 Å². The number of ether oxygens (including phenoxy) is 2. The number of benzene rings is 2. The monoisotopic (exact) mass is 412 g/mol. The zero-order valence-electron chi connectivity index (χ0n) is 14.5. The largest absolute Gasteiger partial charge is 0.495 e. The van der Waals surface area contributed by atoms with Crippen molar-refractivity contribution in [2.75, 3.05) is 26.1 Å². The Labute approximate surface area is 161 Å². The Morgan fingerprint density at radius 3 is 2.48 bits per heavy atom. The minimum atomic E-state index is -3.85. The molecule has 27 heavy (non-hydrogen) atoms. The molecule has 10 heteroatoms. The van der Waals surface area contributed by atoms with Crippen LogP contribution in [0, 0.1) is 0 Å². The van der Waals surface area contributed by atoms with Crippen molar-refractivity contribution in [1.29, 1.82) is 0 Å². The Hall–Kier alpha value is -2.62. The van der Waals surface area contributed by atoms with Crippen molar-refractivity contribution < 1.29 is 27.5 Å². The first kappa shape index (κ1) is 20.7. The van der Waals surface area contributed by atoms with Crippen LogP contribution in [0.25, 0.3) is 0 Å². The summed E-state index contributed by atoms with van der Waals surface area (Å²) in [7, 11) is -1.31. The van der Waals surface area contributed by atoms with Crippen LogP contribution in [0.1, 0.15) is 10.4 Å². The number of hydrogen-bond donors (Lipinski definition) is 2. The van der Waals surface area contributed by atoms with Gasteiger partial charge in [0.05, 0.1) is 23.4 Å². The lowest BCUT2D eigenvalue weighted by molar-refractivity contribution is -0.119. The maximum absolute atomic E-state index is 12.2. The predicted molar refractivity (Wildman–Crippen MR) is 99.6 cm³/mol. The van der Waals surface area contributed by atoms with E-state index < -0.39 is 28.5 Å². The molecule has 2 aromatic carbocycles.